The molecule has 0 aliphatic heterocycles. The van der Waals surface area contributed by atoms with E-state index >= 15 is 0 Å². The van der Waals surface area contributed by atoms with Crippen molar-refractivity contribution in [2.75, 3.05) is 6.54 Å². The summed E-state index contributed by atoms with van der Waals surface area (Å²) in [5.41, 5.74) is 6.46. The summed E-state index contributed by atoms with van der Waals surface area (Å²) >= 11 is 0. The van der Waals surface area contributed by atoms with Gasteiger partial charge in [0.15, 0.2) is 0 Å². The number of nitrogens with two attached hydrogens (primary N) is 1. The minimum Gasteiger partial charge on any atom is -0.330 e. The highest BCUT2D eigenvalue weighted by Gasteiger charge is 2.21. The molecule has 0 aromatic carbocycles. The molecule has 1 rings (SSSR count). The molecule has 0 saturated heterocycles. The average molecular weight is 154 g/mol. The molecule has 1 aromatic heterocycles. The topological polar surface area (TPSA) is 56.7 Å². The zero-order valence-corrected chi connectivity index (χ0v) is 7.20. The maximum Gasteiger partial charge on any atom is 0.0895 e. The van der Waals surface area contributed by atoms with E-state index in [1.807, 2.05) is 13.2 Å². The first-order valence-corrected chi connectivity index (χ1v) is 3.63. The molecule has 2 N–H and O–H groups in total. The lowest BCUT2D eigenvalue weighted by molar-refractivity contribution is 0.520. The summed E-state index contributed by atoms with van der Waals surface area (Å²) in [6.07, 6.45) is 1.90. The lowest BCUT2D eigenvalue weighted by atomic mass is 9.90. The number of hydrogen-bond donors (Lipinski definition) is 1. The van der Waals surface area contributed by atoms with Gasteiger partial charge in [-0.1, -0.05) is 19.1 Å². The molecular weight excluding hydrogens is 140 g/mol. The smallest absolute Gasteiger partial charge is 0.0895 e. The summed E-state index contributed by atoms with van der Waals surface area (Å²) in [5.74, 6) is 0. The van der Waals surface area contributed by atoms with Crippen LogP contribution in [-0.2, 0) is 12.5 Å². The van der Waals surface area contributed by atoms with Crippen molar-refractivity contribution in [1.82, 2.24) is 15.0 Å². The number of rotatable bonds is 2. The maximum atomic E-state index is 5.57. The van der Waals surface area contributed by atoms with Gasteiger partial charge >= 0.3 is 0 Å². The Balaban J connectivity index is 2.92. The molecule has 0 amide bonds. The third-order valence-electron chi connectivity index (χ3n) is 1.81. The Kier molecular flexibility index (Phi) is 1.95. The van der Waals surface area contributed by atoms with Gasteiger partial charge in [0.1, 0.15) is 0 Å². The quantitative estimate of drug-likeness (QED) is 0.655. The van der Waals surface area contributed by atoms with Crippen molar-refractivity contribution in [2.45, 2.75) is 19.3 Å². The number of aryl methyl sites for hydroxylation is 1. The van der Waals surface area contributed by atoms with E-state index in [1.54, 1.807) is 4.68 Å². The summed E-state index contributed by atoms with van der Waals surface area (Å²) in [5, 5.41) is 7.83. The Morgan fingerprint density at radius 2 is 2.27 bits per heavy atom. The first-order valence-electron chi connectivity index (χ1n) is 3.63. The van der Waals surface area contributed by atoms with E-state index in [0.29, 0.717) is 6.54 Å². The largest absolute Gasteiger partial charge is 0.330 e. The normalized spacial score (nSPS) is 12.0. The summed E-state index contributed by atoms with van der Waals surface area (Å²) < 4.78 is 1.69. The highest BCUT2D eigenvalue weighted by molar-refractivity contribution is 5.08. The van der Waals surface area contributed by atoms with Crippen molar-refractivity contribution in [3.8, 4) is 0 Å². The Bertz CT molecular complexity index is 238. The van der Waals surface area contributed by atoms with Crippen molar-refractivity contribution in [1.29, 1.82) is 0 Å². The molecule has 0 spiro atoms. The summed E-state index contributed by atoms with van der Waals surface area (Å²) in [6.45, 7) is 4.69. The van der Waals surface area contributed by atoms with Crippen LogP contribution in [0.4, 0.5) is 0 Å². The van der Waals surface area contributed by atoms with E-state index in [9.17, 15) is 0 Å². The maximum absolute atomic E-state index is 5.57. The first-order chi connectivity index (χ1) is 5.06. The van der Waals surface area contributed by atoms with Crippen molar-refractivity contribution in [2.24, 2.45) is 12.8 Å². The fourth-order valence-electron chi connectivity index (χ4n) is 0.762. The Labute approximate surface area is 66.4 Å². The molecule has 0 radical (unpaired) electrons. The van der Waals surface area contributed by atoms with E-state index in [1.165, 1.54) is 0 Å². The van der Waals surface area contributed by atoms with Gasteiger partial charge in [-0.15, -0.1) is 5.10 Å². The highest BCUT2D eigenvalue weighted by Crippen LogP contribution is 2.17. The molecule has 4 nitrogen and oxygen atoms in total. The molecule has 0 bridgehead atoms. The van der Waals surface area contributed by atoms with Crippen molar-refractivity contribution in [3.05, 3.63) is 11.9 Å². The Morgan fingerprint density at radius 1 is 1.64 bits per heavy atom. The first kappa shape index (κ1) is 8.20. The summed E-state index contributed by atoms with van der Waals surface area (Å²) in [7, 11) is 1.85. The van der Waals surface area contributed by atoms with E-state index < -0.39 is 0 Å². The second kappa shape index (κ2) is 2.62. The van der Waals surface area contributed by atoms with Crippen LogP contribution >= 0.6 is 0 Å². The van der Waals surface area contributed by atoms with E-state index in [0.717, 1.165) is 5.69 Å². The lowest BCUT2D eigenvalue weighted by Crippen LogP contribution is -2.28. The van der Waals surface area contributed by atoms with E-state index in [4.69, 9.17) is 5.73 Å². The Morgan fingerprint density at radius 3 is 2.64 bits per heavy atom. The van der Waals surface area contributed by atoms with Crippen molar-refractivity contribution >= 4 is 0 Å². The summed E-state index contributed by atoms with van der Waals surface area (Å²) in [4.78, 5) is 0. The van der Waals surface area contributed by atoms with Crippen LogP contribution in [0.3, 0.4) is 0 Å². The van der Waals surface area contributed by atoms with Crippen LogP contribution in [0.2, 0.25) is 0 Å². The molecule has 0 aliphatic carbocycles. The average Bonchev–Trinajstić information content (AvgIpc) is 2.36. The van der Waals surface area contributed by atoms with E-state index in [2.05, 4.69) is 24.2 Å². The standard InChI is InChI=1S/C7H14N4/c1-7(2,5-8)6-4-11(3)10-9-6/h4H,5,8H2,1-3H3. The molecule has 0 aliphatic rings. The van der Waals surface area contributed by atoms with Gasteiger partial charge in [0.2, 0.25) is 0 Å². The molecule has 4 heteroatoms. The van der Waals surface area contributed by atoms with Crippen molar-refractivity contribution < 1.29 is 0 Å². The van der Waals surface area contributed by atoms with Gasteiger partial charge in [0.05, 0.1) is 5.69 Å². The van der Waals surface area contributed by atoms with Gasteiger partial charge in [-0.3, -0.25) is 4.68 Å². The third-order valence-corrected chi connectivity index (χ3v) is 1.81. The fourth-order valence-corrected chi connectivity index (χ4v) is 0.762. The fraction of sp³-hybridized carbons (Fsp3) is 0.714. The SMILES string of the molecule is Cn1cc(C(C)(C)CN)nn1. The van der Waals surface area contributed by atoms with Gasteiger partial charge in [-0.25, -0.2) is 0 Å². The van der Waals surface area contributed by atoms with Gasteiger partial charge < -0.3 is 5.73 Å². The van der Waals surface area contributed by atoms with Crippen LogP contribution in [0.5, 0.6) is 0 Å². The van der Waals surface area contributed by atoms with Gasteiger partial charge in [-0.2, -0.15) is 0 Å². The molecule has 1 aromatic rings. The molecule has 1 heterocycles. The molecule has 62 valence electrons. The molecular formula is C7H14N4. The molecule has 11 heavy (non-hydrogen) atoms. The van der Waals surface area contributed by atoms with Crippen LogP contribution in [-0.4, -0.2) is 21.5 Å². The minimum absolute atomic E-state index is 0.0613. The highest BCUT2D eigenvalue weighted by atomic mass is 15.4. The van der Waals surface area contributed by atoms with Crippen LogP contribution in [0, 0.1) is 0 Å². The number of nitrogens with zero attached hydrogens (tertiary/aromatic N) is 3. The lowest BCUT2D eigenvalue weighted by Gasteiger charge is -2.17. The monoisotopic (exact) mass is 154 g/mol. The zero-order chi connectivity index (χ0) is 8.48. The predicted octanol–water partition coefficient (Wildman–Crippen LogP) is 0.0514. The molecule has 0 unspecified atom stereocenters. The van der Waals surface area contributed by atoms with Crippen LogP contribution in [0.1, 0.15) is 19.5 Å². The second-order valence-corrected chi connectivity index (χ2v) is 3.37. The Hall–Kier alpha value is -0.900. The third kappa shape index (κ3) is 1.57. The van der Waals surface area contributed by atoms with Crippen LogP contribution in [0.25, 0.3) is 0 Å². The molecule has 0 saturated carbocycles. The summed E-state index contributed by atoms with van der Waals surface area (Å²) in [6, 6.07) is 0. The van der Waals surface area contributed by atoms with Gasteiger partial charge in [0, 0.05) is 25.2 Å². The minimum atomic E-state index is -0.0613. The van der Waals surface area contributed by atoms with E-state index in [-0.39, 0.29) is 5.41 Å². The molecule has 0 atom stereocenters. The van der Waals surface area contributed by atoms with Crippen LogP contribution in [0.15, 0.2) is 6.20 Å². The van der Waals surface area contributed by atoms with Gasteiger partial charge in [0.25, 0.3) is 0 Å². The van der Waals surface area contributed by atoms with Crippen molar-refractivity contribution in [3.63, 3.8) is 0 Å². The number of aromatic nitrogens is 3. The zero-order valence-electron chi connectivity index (χ0n) is 7.20. The molecule has 0 fully saturated rings. The number of hydrogen-bond acceptors (Lipinski definition) is 3. The second-order valence-electron chi connectivity index (χ2n) is 3.37. The van der Waals surface area contributed by atoms with Crippen LogP contribution < -0.4 is 5.73 Å². The predicted molar refractivity (Wildman–Crippen MR) is 43.1 cm³/mol. The van der Waals surface area contributed by atoms with Gasteiger partial charge in [-0.05, 0) is 0 Å².